The number of amidine groups is 1. The van der Waals surface area contributed by atoms with Crippen molar-refractivity contribution in [3.05, 3.63) is 29.3 Å². The SMILES string of the molecule is Cc1ccc(C(=N)N)c(N(C)C2CCCN(C)C2)c1. The molecule has 4 nitrogen and oxygen atoms in total. The third-order valence-electron chi connectivity index (χ3n) is 3.97. The first-order chi connectivity index (χ1) is 8.99. The van der Waals surface area contributed by atoms with Gasteiger partial charge in [0.1, 0.15) is 5.84 Å². The molecule has 1 aromatic rings. The van der Waals surface area contributed by atoms with Crippen LogP contribution < -0.4 is 10.6 Å². The molecule has 0 radical (unpaired) electrons. The van der Waals surface area contributed by atoms with E-state index in [0.29, 0.717) is 6.04 Å². The summed E-state index contributed by atoms with van der Waals surface area (Å²) in [6, 6.07) is 6.60. The van der Waals surface area contributed by atoms with E-state index in [2.05, 4.69) is 36.9 Å². The molecule has 0 amide bonds. The topological polar surface area (TPSA) is 56.4 Å². The molecule has 3 N–H and O–H groups in total. The lowest BCUT2D eigenvalue weighted by Gasteiger charge is -2.38. The van der Waals surface area contributed by atoms with Crippen LogP contribution in [0.15, 0.2) is 18.2 Å². The van der Waals surface area contributed by atoms with Crippen LogP contribution in [0.1, 0.15) is 24.0 Å². The van der Waals surface area contributed by atoms with Crippen LogP contribution in [0.25, 0.3) is 0 Å². The van der Waals surface area contributed by atoms with E-state index in [4.69, 9.17) is 11.1 Å². The molecule has 0 saturated carbocycles. The van der Waals surface area contributed by atoms with Gasteiger partial charge in [-0.05, 0) is 51.1 Å². The van der Waals surface area contributed by atoms with Crippen LogP contribution in [-0.4, -0.2) is 44.0 Å². The number of likely N-dealkylation sites (tertiary alicyclic amines) is 1. The molecule has 1 aromatic carbocycles. The highest BCUT2D eigenvalue weighted by Gasteiger charge is 2.23. The lowest BCUT2D eigenvalue weighted by atomic mass is 10.0. The van der Waals surface area contributed by atoms with E-state index < -0.39 is 0 Å². The number of hydrogen-bond donors (Lipinski definition) is 2. The smallest absolute Gasteiger partial charge is 0.124 e. The maximum Gasteiger partial charge on any atom is 0.124 e. The standard InChI is InChI=1S/C15H24N4/c1-11-6-7-13(15(16)17)14(9-11)19(3)12-5-4-8-18(2)10-12/h6-7,9,12H,4-5,8,10H2,1-3H3,(H3,16,17). The van der Waals surface area contributed by atoms with Gasteiger partial charge in [0.25, 0.3) is 0 Å². The second-order valence-corrected chi connectivity index (χ2v) is 5.60. The molecule has 19 heavy (non-hydrogen) atoms. The molecule has 0 bridgehead atoms. The average molecular weight is 260 g/mol. The molecule has 1 unspecified atom stereocenters. The molecular weight excluding hydrogens is 236 g/mol. The highest BCUT2D eigenvalue weighted by Crippen LogP contribution is 2.25. The molecule has 0 aromatic heterocycles. The van der Waals surface area contributed by atoms with Gasteiger partial charge in [-0.15, -0.1) is 0 Å². The van der Waals surface area contributed by atoms with Crippen LogP contribution in [-0.2, 0) is 0 Å². The second kappa shape index (κ2) is 5.61. The molecule has 1 aliphatic heterocycles. The summed E-state index contributed by atoms with van der Waals surface area (Å²) in [5, 5.41) is 7.73. The van der Waals surface area contributed by atoms with Gasteiger partial charge in [0, 0.05) is 30.9 Å². The number of benzene rings is 1. The maximum atomic E-state index is 7.73. The first-order valence-electron chi connectivity index (χ1n) is 6.85. The molecule has 1 atom stereocenters. The van der Waals surface area contributed by atoms with Crippen molar-refractivity contribution in [2.45, 2.75) is 25.8 Å². The number of anilines is 1. The number of piperidine rings is 1. The fourth-order valence-corrected chi connectivity index (χ4v) is 2.81. The van der Waals surface area contributed by atoms with Gasteiger partial charge < -0.3 is 15.5 Å². The van der Waals surface area contributed by atoms with Gasteiger partial charge in [0.2, 0.25) is 0 Å². The Morgan fingerprint density at radius 1 is 1.47 bits per heavy atom. The van der Waals surface area contributed by atoms with Crippen molar-refractivity contribution in [1.82, 2.24) is 4.90 Å². The Balaban J connectivity index is 2.29. The molecular formula is C15H24N4. The Bertz CT molecular complexity index is 469. The predicted molar refractivity (Wildman–Crippen MR) is 81.1 cm³/mol. The number of hydrogen-bond acceptors (Lipinski definition) is 3. The number of nitrogens with two attached hydrogens (primary N) is 1. The minimum absolute atomic E-state index is 0.144. The normalized spacial score (nSPS) is 20.3. The second-order valence-electron chi connectivity index (χ2n) is 5.60. The van der Waals surface area contributed by atoms with Gasteiger partial charge in [-0.2, -0.15) is 0 Å². The van der Waals surface area contributed by atoms with E-state index in [-0.39, 0.29) is 5.84 Å². The Morgan fingerprint density at radius 3 is 2.84 bits per heavy atom. The van der Waals surface area contributed by atoms with Gasteiger partial charge in [0.05, 0.1) is 0 Å². The summed E-state index contributed by atoms with van der Waals surface area (Å²) in [6.45, 7) is 4.33. The van der Waals surface area contributed by atoms with Crippen molar-refractivity contribution >= 4 is 11.5 Å². The molecule has 1 fully saturated rings. The summed E-state index contributed by atoms with van der Waals surface area (Å²) in [5.41, 5.74) is 8.82. The number of rotatable bonds is 3. The Kier molecular flexibility index (Phi) is 4.10. The van der Waals surface area contributed by atoms with Crippen LogP contribution in [0.4, 0.5) is 5.69 Å². The van der Waals surface area contributed by atoms with E-state index in [1.54, 1.807) is 0 Å². The summed E-state index contributed by atoms with van der Waals surface area (Å²) >= 11 is 0. The zero-order valence-electron chi connectivity index (χ0n) is 12.1. The van der Waals surface area contributed by atoms with Gasteiger partial charge in [-0.3, -0.25) is 5.41 Å². The number of nitrogen functional groups attached to an aromatic ring is 1. The van der Waals surface area contributed by atoms with Gasteiger partial charge >= 0.3 is 0 Å². The fourth-order valence-electron chi connectivity index (χ4n) is 2.81. The largest absolute Gasteiger partial charge is 0.384 e. The predicted octanol–water partition coefficient (Wildman–Crippen LogP) is 1.81. The number of nitrogens with one attached hydrogen (secondary N) is 1. The number of nitrogens with zero attached hydrogens (tertiary/aromatic N) is 2. The zero-order chi connectivity index (χ0) is 14.0. The lowest BCUT2D eigenvalue weighted by Crippen LogP contribution is -2.45. The summed E-state index contributed by atoms with van der Waals surface area (Å²) in [7, 11) is 4.28. The van der Waals surface area contributed by atoms with Gasteiger partial charge in [-0.25, -0.2) is 0 Å². The van der Waals surface area contributed by atoms with Crippen molar-refractivity contribution in [3.63, 3.8) is 0 Å². The average Bonchev–Trinajstić information content (AvgIpc) is 2.37. The van der Waals surface area contributed by atoms with E-state index in [1.807, 2.05) is 12.1 Å². The van der Waals surface area contributed by atoms with Crippen LogP contribution in [0.2, 0.25) is 0 Å². The van der Waals surface area contributed by atoms with Crippen molar-refractivity contribution in [2.24, 2.45) is 5.73 Å². The fraction of sp³-hybridized carbons (Fsp3) is 0.533. The highest BCUT2D eigenvalue weighted by atomic mass is 15.2. The molecule has 1 heterocycles. The molecule has 0 spiro atoms. The van der Waals surface area contributed by atoms with Crippen LogP contribution >= 0.6 is 0 Å². The van der Waals surface area contributed by atoms with Crippen molar-refractivity contribution in [1.29, 1.82) is 5.41 Å². The molecule has 104 valence electrons. The minimum atomic E-state index is 0.144. The third kappa shape index (κ3) is 3.07. The first kappa shape index (κ1) is 13.9. The monoisotopic (exact) mass is 260 g/mol. The molecule has 2 rings (SSSR count). The summed E-state index contributed by atoms with van der Waals surface area (Å²) in [4.78, 5) is 4.66. The Labute approximate surface area is 115 Å². The van der Waals surface area contributed by atoms with Crippen LogP contribution in [0, 0.1) is 12.3 Å². The van der Waals surface area contributed by atoms with Gasteiger partial charge in [-0.1, -0.05) is 6.07 Å². The highest BCUT2D eigenvalue weighted by molar-refractivity contribution is 6.00. The molecule has 4 heteroatoms. The number of aryl methyl sites for hydroxylation is 1. The van der Waals surface area contributed by atoms with E-state index in [0.717, 1.165) is 17.8 Å². The maximum absolute atomic E-state index is 7.73. The van der Waals surface area contributed by atoms with Crippen molar-refractivity contribution in [3.8, 4) is 0 Å². The minimum Gasteiger partial charge on any atom is -0.384 e. The third-order valence-corrected chi connectivity index (χ3v) is 3.97. The molecule has 0 aliphatic carbocycles. The summed E-state index contributed by atoms with van der Waals surface area (Å²) < 4.78 is 0. The van der Waals surface area contributed by atoms with Crippen LogP contribution in [0.3, 0.4) is 0 Å². The van der Waals surface area contributed by atoms with E-state index in [9.17, 15) is 0 Å². The van der Waals surface area contributed by atoms with Crippen molar-refractivity contribution in [2.75, 3.05) is 32.1 Å². The Morgan fingerprint density at radius 2 is 2.21 bits per heavy atom. The van der Waals surface area contributed by atoms with Crippen LogP contribution in [0.5, 0.6) is 0 Å². The zero-order valence-corrected chi connectivity index (χ0v) is 12.1. The summed E-state index contributed by atoms with van der Waals surface area (Å²) in [6.07, 6.45) is 2.43. The molecule has 1 saturated heterocycles. The molecule has 1 aliphatic rings. The Hall–Kier alpha value is -1.55. The quantitative estimate of drug-likeness (QED) is 0.644. The van der Waals surface area contributed by atoms with Crippen molar-refractivity contribution < 1.29 is 0 Å². The van der Waals surface area contributed by atoms with E-state index >= 15 is 0 Å². The lowest BCUT2D eigenvalue weighted by molar-refractivity contribution is 0.248. The van der Waals surface area contributed by atoms with E-state index in [1.165, 1.54) is 24.9 Å². The first-order valence-corrected chi connectivity index (χ1v) is 6.85. The number of likely N-dealkylation sites (N-methyl/N-ethyl adjacent to an activating group) is 2. The summed E-state index contributed by atoms with van der Waals surface area (Å²) in [5.74, 6) is 0.144. The van der Waals surface area contributed by atoms with Gasteiger partial charge in [0.15, 0.2) is 0 Å².